The molecule has 5 rings (SSSR count). The molecule has 1 fully saturated rings. The Morgan fingerprint density at radius 2 is 1.84 bits per heavy atom. The largest absolute Gasteiger partial charge is 0.486 e. The lowest BCUT2D eigenvalue weighted by molar-refractivity contribution is -0.115. The Balaban J connectivity index is 1.31. The molecule has 168 valence electrons. The van der Waals surface area contributed by atoms with Crippen LogP contribution in [0.3, 0.4) is 0 Å². The van der Waals surface area contributed by atoms with E-state index in [1.807, 2.05) is 6.07 Å². The fourth-order valence-electron chi connectivity index (χ4n) is 4.18. The number of sulfonamides is 1. The lowest BCUT2D eigenvalue weighted by Crippen LogP contribution is -2.25. The van der Waals surface area contributed by atoms with Crippen molar-refractivity contribution in [3.8, 4) is 11.5 Å². The molecule has 0 radical (unpaired) electrons. The predicted octanol–water partition coefficient (Wildman–Crippen LogP) is 3.20. The summed E-state index contributed by atoms with van der Waals surface area (Å²) in [6.07, 6.45) is 3.38. The highest BCUT2D eigenvalue weighted by atomic mass is 32.2. The number of hydrogen-bond acceptors (Lipinski definition) is 6. The first kappa shape index (κ1) is 20.6. The molecule has 2 aliphatic rings. The number of anilines is 2. The van der Waals surface area contributed by atoms with Gasteiger partial charge in [0, 0.05) is 11.1 Å². The van der Waals surface area contributed by atoms with E-state index >= 15 is 0 Å². The van der Waals surface area contributed by atoms with Crippen LogP contribution >= 0.6 is 0 Å². The topological polar surface area (TPSA) is 122 Å². The van der Waals surface area contributed by atoms with Gasteiger partial charge in [-0.25, -0.2) is 8.42 Å². The second kappa shape index (κ2) is 8.34. The zero-order valence-electron chi connectivity index (χ0n) is 17.4. The van der Waals surface area contributed by atoms with Gasteiger partial charge in [0.05, 0.1) is 17.2 Å². The molecular weight excluding hydrogens is 432 g/mol. The van der Waals surface area contributed by atoms with Gasteiger partial charge in [-0.15, -0.1) is 0 Å². The molecule has 2 aromatic carbocycles. The van der Waals surface area contributed by atoms with Crippen molar-refractivity contribution in [3.05, 3.63) is 42.0 Å². The monoisotopic (exact) mass is 456 g/mol. The molecular formula is C22H24N4O5S. The maximum absolute atomic E-state index is 12.6. The van der Waals surface area contributed by atoms with Crippen molar-refractivity contribution < 1.29 is 22.7 Å². The van der Waals surface area contributed by atoms with Crippen LogP contribution in [-0.2, 0) is 21.2 Å². The van der Waals surface area contributed by atoms with Crippen molar-refractivity contribution in [2.45, 2.75) is 37.4 Å². The van der Waals surface area contributed by atoms with Gasteiger partial charge in [0.2, 0.25) is 15.9 Å². The number of fused-ring (bicyclic) bond motifs is 2. The van der Waals surface area contributed by atoms with Gasteiger partial charge in [0.15, 0.2) is 17.3 Å². The lowest BCUT2D eigenvalue weighted by Gasteiger charge is -2.18. The molecule has 9 nitrogen and oxygen atoms in total. The van der Waals surface area contributed by atoms with Gasteiger partial charge < -0.3 is 14.8 Å². The maximum Gasteiger partial charge on any atom is 0.235 e. The molecule has 3 aromatic rings. The number of amides is 1. The highest BCUT2D eigenvalue weighted by Crippen LogP contribution is 2.31. The molecule has 0 bridgehead atoms. The molecule has 1 amide bonds. The van der Waals surface area contributed by atoms with E-state index in [2.05, 4.69) is 20.2 Å². The van der Waals surface area contributed by atoms with Crippen molar-refractivity contribution in [3.63, 3.8) is 0 Å². The SMILES string of the molecule is O=C(Cc1ccc2c(c1)OCCO2)Nc1n[nH]c2ccc(NS(=O)(=O)C3CCCC3)cc12. The van der Waals surface area contributed by atoms with Crippen molar-refractivity contribution in [1.29, 1.82) is 0 Å². The van der Waals surface area contributed by atoms with E-state index in [9.17, 15) is 13.2 Å². The zero-order chi connectivity index (χ0) is 22.1. The second-order valence-corrected chi connectivity index (χ2v) is 10.0. The van der Waals surface area contributed by atoms with E-state index in [-0.39, 0.29) is 17.6 Å². The molecule has 32 heavy (non-hydrogen) atoms. The average molecular weight is 457 g/mol. The van der Waals surface area contributed by atoms with E-state index in [4.69, 9.17) is 9.47 Å². The van der Waals surface area contributed by atoms with Crippen LogP contribution in [0, 0.1) is 0 Å². The summed E-state index contributed by atoms with van der Waals surface area (Å²) in [5.74, 6) is 1.41. The van der Waals surface area contributed by atoms with Crippen LogP contribution in [-0.4, -0.2) is 43.0 Å². The number of benzene rings is 2. The van der Waals surface area contributed by atoms with Crippen LogP contribution in [0.4, 0.5) is 11.5 Å². The van der Waals surface area contributed by atoms with Gasteiger partial charge in [0.25, 0.3) is 0 Å². The number of aromatic amines is 1. The predicted molar refractivity (Wildman–Crippen MR) is 121 cm³/mol. The number of carbonyl (C=O) groups is 1. The molecule has 2 heterocycles. The number of hydrogen-bond donors (Lipinski definition) is 3. The first-order chi connectivity index (χ1) is 15.5. The Labute approximate surface area is 185 Å². The zero-order valence-corrected chi connectivity index (χ0v) is 18.2. The normalized spacial score (nSPS) is 16.2. The van der Waals surface area contributed by atoms with Crippen molar-refractivity contribution >= 4 is 38.3 Å². The van der Waals surface area contributed by atoms with Gasteiger partial charge in [-0.3, -0.25) is 14.6 Å². The number of nitrogens with one attached hydrogen (secondary N) is 3. The number of rotatable bonds is 6. The van der Waals surface area contributed by atoms with Gasteiger partial charge in [0.1, 0.15) is 13.2 Å². The molecule has 0 unspecified atom stereocenters. The number of aromatic nitrogens is 2. The molecule has 1 aliphatic carbocycles. The summed E-state index contributed by atoms with van der Waals surface area (Å²) in [6.45, 7) is 0.993. The summed E-state index contributed by atoms with van der Waals surface area (Å²) in [5, 5.41) is 10.1. The third kappa shape index (κ3) is 4.22. The van der Waals surface area contributed by atoms with Crippen LogP contribution in [0.2, 0.25) is 0 Å². The Morgan fingerprint density at radius 3 is 2.66 bits per heavy atom. The molecule has 0 saturated heterocycles. The average Bonchev–Trinajstić information content (AvgIpc) is 3.45. The third-order valence-corrected chi connectivity index (χ3v) is 7.66. The summed E-state index contributed by atoms with van der Waals surface area (Å²) < 4.78 is 39.0. The van der Waals surface area contributed by atoms with Crippen LogP contribution in [0.25, 0.3) is 10.9 Å². The molecule has 3 N–H and O–H groups in total. The van der Waals surface area contributed by atoms with E-state index in [0.29, 0.717) is 60.0 Å². The van der Waals surface area contributed by atoms with E-state index in [0.717, 1.165) is 18.4 Å². The number of nitrogens with zero attached hydrogens (tertiary/aromatic N) is 1. The summed E-state index contributed by atoms with van der Waals surface area (Å²) in [5.41, 5.74) is 1.94. The number of carbonyl (C=O) groups excluding carboxylic acids is 1. The first-order valence-electron chi connectivity index (χ1n) is 10.7. The summed E-state index contributed by atoms with van der Waals surface area (Å²) in [4.78, 5) is 12.6. The van der Waals surface area contributed by atoms with Crippen LogP contribution < -0.4 is 19.5 Å². The van der Waals surface area contributed by atoms with Gasteiger partial charge >= 0.3 is 0 Å². The van der Waals surface area contributed by atoms with E-state index in [1.165, 1.54) is 0 Å². The second-order valence-electron chi connectivity index (χ2n) is 8.09. The van der Waals surface area contributed by atoms with Crippen LogP contribution in [0.1, 0.15) is 31.2 Å². The van der Waals surface area contributed by atoms with E-state index in [1.54, 1.807) is 30.3 Å². The highest BCUT2D eigenvalue weighted by molar-refractivity contribution is 7.93. The van der Waals surface area contributed by atoms with Gasteiger partial charge in [-0.05, 0) is 48.7 Å². The third-order valence-electron chi connectivity index (χ3n) is 5.79. The quantitative estimate of drug-likeness (QED) is 0.524. The highest BCUT2D eigenvalue weighted by Gasteiger charge is 2.28. The molecule has 10 heteroatoms. The lowest BCUT2D eigenvalue weighted by atomic mass is 10.1. The molecule has 0 spiro atoms. The summed E-state index contributed by atoms with van der Waals surface area (Å²) in [6, 6.07) is 10.5. The van der Waals surface area contributed by atoms with Crippen molar-refractivity contribution in [1.82, 2.24) is 10.2 Å². The number of H-pyrrole nitrogens is 1. The Morgan fingerprint density at radius 1 is 1.06 bits per heavy atom. The Kier molecular flexibility index (Phi) is 5.38. The van der Waals surface area contributed by atoms with Crippen molar-refractivity contribution in [2.24, 2.45) is 0 Å². The van der Waals surface area contributed by atoms with E-state index < -0.39 is 10.0 Å². The Hall–Kier alpha value is -3.27. The fourth-order valence-corrected chi connectivity index (χ4v) is 5.75. The summed E-state index contributed by atoms with van der Waals surface area (Å²) >= 11 is 0. The maximum atomic E-state index is 12.6. The summed E-state index contributed by atoms with van der Waals surface area (Å²) in [7, 11) is -3.44. The van der Waals surface area contributed by atoms with Crippen LogP contribution in [0.15, 0.2) is 36.4 Å². The Bertz CT molecular complexity index is 1260. The van der Waals surface area contributed by atoms with Crippen LogP contribution in [0.5, 0.6) is 11.5 Å². The number of ether oxygens (including phenoxy) is 2. The minimum atomic E-state index is -3.44. The van der Waals surface area contributed by atoms with Gasteiger partial charge in [-0.1, -0.05) is 18.9 Å². The first-order valence-corrected chi connectivity index (χ1v) is 12.2. The fraction of sp³-hybridized carbons (Fsp3) is 0.364. The smallest absolute Gasteiger partial charge is 0.235 e. The minimum absolute atomic E-state index is 0.138. The molecule has 0 atom stereocenters. The van der Waals surface area contributed by atoms with Crippen molar-refractivity contribution in [2.75, 3.05) is 23.3 Å². The molecule has 1 aromatic heterocycles. The van der Waals surface area contributed by atoms with Gasteiger partial charge in [-0.2, -0.15) is 5.10 Å². The molecule has 1 saturated carbocycles. The molecule has 1 aliphatic heterocycles. The minimum Gasteiger partial charge on any atom is -0.486 e. The standard InChI is InChI=1S/C22H24N4O5S/c27-21(12-14-5-8-19-20(11-14)31-10-9-30-19)23-22-17-13-15(6-7-18(17)24-25-22)26-32(28,29)16-3-1-2-4-16/h5-8,11,13,16,26H,1-4,9-10,12H2,(H2,23,24,25,27).